The number of aromatic nitrogens is 4. The van der Waals surface area contributed by atoms with Crippen molar-refractivity contribution in [2.75, 3.05) is 30.0 Å². The number of ether oxygens (including phenoxy) is 1. The van der Waals surface area contributed by atoms with E-state index in [-0.39, 0.29) is 5.41 Å². The van der Waals surface area contributed by atoms with Crippen molar-refractivity contribution in [3.63, 3.8) is 0 Å². The second kappa shape index (κ2) is 7.36. The van der Waals surface area contributed by atoms with Crippen LogP contribution >= 0.6 is 0 Å². The van der Waals surface area contributed by atoms with Gasteiger partial charge >= 0.3 is 0 Å². The average molecular weight is 408 g/mol. The van der Waals surface area contributed by atoms with Crippen molar-refractivity contribution < 1.29 is 9.13 Å². The summed E-state index contributed by atoms with van der Waals surface area (Å²) in [5, 5.41) is 7.70. The lowest BCUT2D eigenvalue weighted by molar-refractivity contribution is 0.0551. The second-order valence-corrected chi connectivity index (χ2v) is 8.32. The van der Waals surface area contributed by atoms with Gasteiger partial charge in [-0.1, -0.05) is 6.07 Å². The first kappa shape index (κ1) is 19.0. The van der Waals surface area contributed by atoms with Crippen LogP contribution in [0.2, 0.25) is 0 Å². The number of anilines is 3. The van der Waals surface area contributed by atoms with Crippen LogP contribution in [0, 0.1) is 5.95 Å². The summed E-state index contributed by atoms with van der Waals surface area (Å²) in [6, 6.07) is 9.94. The Labute approximate surface area is 174 Å². The molecule has 0 amide bonds. The fourth-order valence-corrected chi connectivity index (χ4v) is 4.55. The molecule has 0 atom stereocenters. The molecule has 30 heavy (non-hydrogen) atoms. The van der Waals surface area contributed by atoms with Crippen LogP contribution in [0.5, 0.6) is 0 Å². The summed E-state index contributed by atoms with van der Waals surface area (Å²) in [4.78, 5) is 10.4. The third-order valence-electron chi connectivity index (χ3n) is 6.15. The lowest BCUT2D eigenvalue weighted by Gasteiger charge is -2.35. The molecule has 2 aliphatic heterocycles. The van der Waals surface area contributed by atoms with E-state index in [0.717, 1.165) is 38.3 Å². The monoisotopic (exact) mass is 408 g/mol. The summed E-state index contributed by atoms with van der Waals surface area (Å²) in [7, 11) is 0. The Kier molecular flexibility index (Phi) is 4.66. The largest absolute Gasteiger partial charge is 0.381 e. The number of benzene rings is 1. The lowest BCUT2D eigenvalue weighted by atomic mass is 9.76. The van der Waals surface area contributed by atoms with E-state index >= 15 is 0 Å². The molecule has 8 heteroatoms. The van der Waals surface area contributed by atoms with E-state index < -0.39 is 5.95 Å². The molecule has 0 unspecified atom stereocenters. The van der Waals surface area contributed by atoms with Gasteiger partial charge in [-0.2, -0.15) is 9.37 Å². The SMILES string of the molecule is CC(C)N1CC2(CCOCC2)c2ccc(Nc3ncn(-c4ccnc(F)c4)n3)cc21. The zero-order valence-electron chi connectivity index (χ0n) is 17.2. The molecule has 0 radical (unpaired) electrons. The molecule has 0 aliphatic carbocycles. The van der Waals surface area contributed by atoms with E-state index in [2.05, 4.69) is 57.3 Å². The van der Waals surface area contributed by atoms with Gasteiger partial charge in [0.05, 0.1) is 5.69 Å². The van der Waals surface area contributed by atoms with E-state index in [0.29, 0.717) is 17.7 Å². The third-order valence-corrected chi connectivity index (χ3v) is 6.15. The van der Waals surface area contributed by atoms with Crippen LogP contribution in [0.15, 0.2) is 42.9 Å². The molecule has 1 N–H and O–H groups in total. The van der Waals surface area contributed by atoms with Crippen molar-refractivity contribution in [2.24, 2.45) is 0 Å². The van der Waals surface area contributed by atoms with Crippen LogP contribution in [0.3, 0.4) is 0 Å². The van der Waals surface area contributed by atoms with E-state index in [9.17, 15) is 4.39 Å². The van der Waals surface area contributed by atoms with Gasteiger partial charge < -0.3 is 15.0 Å². The maximum Gasteiger partial charge on any atom is 0.246 e. The third kappa shape index (κ3) is 3.31. The number of nitrogens with zero attached hydrogens (tertiary/aromatic N) is 5. The molecule has 1 spiro atoms. The Hall–Kier alpha value is -3.00. The quantitative estimate of drug-likeness (QED) is 0.662. The van der Waals surface area contributed by atoms with Crippen LogP contribution in [0.1, 0.15) is 32.3 Å². The van der Waals surface area contributed by atoms with Gasteiger partial charge in [-0.25, -0.2) is 9.67 Å². The summed E-state index contributed by atoms with van der Waals surface area (Å²) in [6.07, 6.45) is 5.09. The number of nitrogens with one attached hydrogen (secondary N) is 1. The highest BCUT2D eigenvalue weighted by atomic mass is 19.1. The normalized spacial score (nSPS) is 17.5. The fraction of sp³-hybridized carbons (Fsp3) is 0.409. The minimum Gasteiger partial charge on any atom is -0.381 e. The van der Waals surface area contributed by atoms with Crippen molar-refractivity contribution in [1.82, 2.24) is 19.7 Å². The topological polar surface area (TPSA) is 68.1 Å². The van der Waals surface area contributed by atoms with Crippen LogP contribution < -0.4 is 10.2 Å². The molecule has 156 valence electrons. The highest BCUT2D eigenvalue weighted by molar-refractivity contribution is 5.71. The summed E-state index contributed by atoms with van der Waals surface area (Å²) in [6.45, 7) is 7.15. The van der Waals surface area contributed by atoms with Gasteiger partial charge in [-0.05, 0) is 50.5 Å². The van der Waals surface area contributed by atoms with Gasteiger partial charge in [0.1, 0.15) is 6.33 Å². The number of fused-ring (bicyclic) bond motifs is 2. The predicted octanol–water partition coefficient (Wildman–Crippen LogP) is 3.82. The molecule has 1 saturated heterocycles. The summed E-state index contributed by atoms with van der Waals surface area (Å²) < 4.78 is 20.6. The van der Waals surface area contributed by atoms with Gasteiger partial charge in [0.25, 0.3) is 0 Å². The van der Waals surface area contributed by atoms with E-state index in [1.165, 1.54) is 28.2 Å². The van der Waals surface area contributed by atoms with Crippen LogP contribution in [0.4, 0.5) is 21.7 Å². The molecule has 7 nitrogen and oxygen atoms in total. The van der Waals surface area contributed by atoms with Crippen molar-refractivity contribution >= 4 is 17.3 Å². The second-order valence-electron chi connectivity index (χ2n) is 8.32. The Morgan fingerprint density at radius 2 is 1.97 bits per heavy atom. The number of hydrogen-bond donors (Lipinski definition) is 1. The number of hydrogen-bond acceptors (Lipinski definition) is 6. The van der Waals surface area contributed by atoms with E-state index in [4.69, 9.17) is 4.74 Å². The van der Waals surface area contributed by atoms with E-state index in [1.807, 2.05) is 0 Å². The van der Waals surface area contributed by atoms with Crippen LogP contribution in [-0.2, 0) is 10.2 Å². The molecular formula is C22H25FN6O. The molecule has 5 rings (SSSR count). The fourth-order valence-electron chi connectivity index (χ4n) is 4.55. The molecular weight excluding hydrogens is 383 g/mol. The standard InChI is InChI=1S/C22H25FN6O/c1-15(2)28-13-22(6-9-30-10-7-22)18-4-3-16(11-19(18)28)26-21-25-14-29(27-21)17-5-8-24-20(23)12-17/h3-5,8,11-12,14-15H,6-7,9-10,13H2,1-2H3,(H,26,27). The van der Waals surface area contributed by atoms with Crippen molar-refractivity contribution in [3.05, 3.63) is 54.4 Å². The minimum absolute atomic E-state index is 0.182. The molecule has 1 fully saturated rings. The van der Waals surface area contributed by atoms with Gasteiger partial charge in [-0.3, -0.25) is 0 Å². The molecule has 0 saturated carbocycles. The highest BCUT2D eigenvalue weighted by Gasteiger charge is 2.44. The molecule has 0 bridgehead atoms. The molecule has 3 aromatic rings. The summed E-state index contributed by atoms with van der Waals surface area (Å²) in [5.41, 5.74) is 4.37. The average Bonchev–Trinajstić information content (AvgIpc) is 3.32. The maximum absolute atomic E-state index is 13.4. The zero-order valence-corrected chi connectivity index (χ0v) is 17.2. The van der Waals surface area contributed by atoms with Crippen molar-refractivity contribution in [2.45, 2.75) is 38.1 Å². The van der Waals surface area contributed by atoms with Crippen LogP contribution in [0.25, 0.3) is 5.69 Å². The van der Waals surface area contributed by atoms with Gasteiger partial charge in [-0.15, -0.1) is 5.10 Å². The maximum atomic E-state index is 13.4. The molecule has 4 heterocycles. The molecule has 2 aromatic heterocycles. The molecule has 2 aliphatic rings. The van der Waals surface area contributed by atoms with Gasteiger partial charge in [0, 0.05) is 54.9 Å². The van der Waals surface area contributed by atoms with Gasteiger partial charge in [0.2, 0.25) is 11.9 Å². The first-order valence-electron chi connectivity index (χ1n) is 10.3. The number of pyridine rings is 1. The molecule has 1 aromatic carbocycles. The smallest absolute Gasteiger partial charge is 0.246 e. The Morgan fingerprint density at radius 3 is 2.73 bits per heavy atom. The summed E-state index contributed by atoms with van der Waals surface area (Å²) in [5.74, 6) is -0.0889. The van der Waals surface area contributed by atoms with Crippen LogP contribution in [-0.4, -0.2) is 45.5 Å². The Morgan fingerprint density at radius 1 is 1.13 bits per heavy atom. The van der Waals surface area contributed by atoms with E-state index in [1.54, 1.807) is 12.4 Å². The van der Waals surface area contributed by atoms with Crippen molar-refractivity contribution in [1.29, 1.82) is 0 Å². The number of halogens is 1. The minimum atomic E-state index is -0.549. The lowest BCUT2D eigenvalue weighted by Crippen LogP contribution is -2.40. The number of rotatable bonds is 4. The summed E-state index contributed by atoms with van der Waals surface area (Å²) >= 11 is 0. The van der Waals surface area contributed by atoms with Crippen molar-refractivity contribution in [3.8, 4) is 5.69 Å². The highest BCUT2D eigenvalue weighted by Crippen LogP contribution is 2.48. The Bertz CT molecular complexity index is 1060. The zero-order chi connectivity index (χ0) is 20.7. The van der Waals surface area contributed by atoms with Gasteiger partial charge in [0.15, 0.2) is 0 Å². The first-order chi connectivity index (χ1) is 14.5. The predicted molar refractivity (Wildman–Crippen MR) is 113 cm³/mol. The Balaban J connectivity index is 1.43. The first-order valence-corrected chi connectivity index (χ1v) is 10.3.